The molecule has 0 amide bonds. The molecule has 0 aliphatic heterocycles. The van der Waals surface area contributed by atoms with E-state index in [9.17, 15) is 0 Å². The van der Waals surface area contributed by atoms with E-state index in [0.29, 0.717) is 0 Å². The van der Waals surface area contributed by atoms with Crippen molar-refractivity contribution in [3.8, 4) is 11.1 Å². The fraction of sp³-hybridized carbons (Fsp3) is 0.194. The van der Waals surface area contributed by atoms with Crippen molar-refractivity contribution in [1.29, 1.82) is 0 Å². The Morgan fingerprint density at radius 1 is 0.379 bits per heavy atom. The lowest BCUT2D eigenvalue weighted by Gasteiger charge is -2.26. The molecule has 8 aromatic carbocycles. The lowest BCUT2D eigenvalue weighted by atomic mass is 9.83. The van der Waals surface area contributed by atoms with E-state index in [1.807, 2.05) is 0 Å². The van der Waals surface area contributed by atoms with E-state index in [-0.39, 0.29) is 16.2 Å². The Labute approximate surface area is 385 Å². The van der Waals surface area contributed by atoms with Gasteiger partial charge >= 0.3 is 0 Å². The van der Waals surface area contributed by atoms with Crippen molar-refractivity contribution in [1.82, 2.24) is 8.80 Å². The second-order valence-electron chi connectivity index (χ2n) is 21.9. The summed E-state index contributed by atoms with van der Waals surface area (Å²) < 4.78 is 12.1. The molecule has 5 aromatic heterocycles. The van der Waals surface area contributed by atoms with Crippen molar-refractivity contribution in [3.63, 3.8) is 0 Å². The number of nitrogens with zero attached hydrogens (tertiary/aromatic N) is 3. The molecule has 0 aliphatic carbocycles. The van der Waals surface area contributed by atoms with Gasteiger partial charge in [-0.2, -0.15) is 0 Å². The van der Waals surface area contributed by atoms with Gasteiger partial charge in [-0.15, -0.1) is 0 Å². The van der Waals surface area contributed by atoms with Crippen molar-refractivity contribution in [2.45, 2.75) is 78.6 Å². The molecule has 4 nitrogen and oxygen atoms in total. The number of aromatic nitrogens is 2. The van der Waals surface area contributed by atoms with Gasteiger partial charge in [-0.1, -0.05) is 135 Å². The second-order valence-corrected chi connectivity index (χ2v) is 21.9. The van der Waals surface area contributed by atoms with Gasteiger partial charge in [-0.05, 0) is 123 Å². The van der Waals surface area contributed by atoms with Crippen molar-refractivity contribution >= 4 is 104 Å². The molecule has 13 rings (SSSR count). The molecular formula is C62H53N3O. The summed E-state index contributed by atoms with van der Waals surface area (Å²) in [4.78, 5) is 2.34. The molecule has 0 atom stereocenters. The van der Waals surface area contributed by atoms with Gasteiger partial charge in [0.15, 0.2) is 0 Å². The summed E-state index contributed by atoms with van der Waals surface area (Å²) in [5, 5.41) is 11.3. The van der Waals surface area contributed by atoms with Crippen molar-refractivity contribution in [2.24, 2.45) is 0 Å². The summed E-state index contributed by atoms with van der Waals surface area (Å²) in [6, 6.07) is 58.8. The first-order valence-electron chi connectivity index (χ1n) is 23.5. The van der Waals surface area contributed by atoms with Crippen molar-refractivity contribution in [3.05, 3.63) is 174 Å². The lowest BCUT2D eigenvalue weighted by Crippen LogP contribution is -2.11. The summed E-state index contributed by atoms with van der Waals surface area (Å²) >= 11 is 0. The minimum absolute atomic E-state index is 0.0372. The Morgan fingerprint density at radius 2 is 0.864 bits per heavy atom. The maximum absolute atomic E-state index is 6.97. The number of anilines is 3. The highest BCUT2D eigenvalue weighted by Gasteiger charge is 2.31. The molecule has 0 aliphatic rings. The van der Waals surface area contributed by atoms with Crippen LogP contribution in [0.1, 0.15) is 79.0 Å². The Bertz CT molecular complexity index is 4030. The smallest absolute Gasteiger partial charge is 0.213 e. The molecule has 0 N–H and O–H groups in total. The molecule has 5 heterocycles. The zero-order chi connectivity index (χ0) is 45.2. The third-order valence-electron chi connectivity index (χ3n) is 14.6. The van der Waals surface area contributed by atoms with Crippen LogP contribution in [0.3, 0.4) is 0 Å². The molecule has 4 heteroatoms. The minimum atomic E-state index is -0.0825. The summed E-state index contributed by atoms with van der Waals surface area (Å²) in [7, 11) is 0. The summed E-state index contributed by atoms with van der Waals surface area (Å²) in [6.45, 7) is 21.1. The van der Waals surface area contributed by atoms with Gasteiger partial charge in [-0.25, -0.2) is 0 Å². The van der Waals surface area contributed by atoms with Gasteiger partial charge in [0.2, 0.25) is 5.71 Å². The van der Waals surface area contributed by atoms with E-state index < -0.39 is 0 Å². The Hall–Kier alpha value is -7.30. The molecule has 0 saturated carbocycles. The molecule has 0 bridgehead atoms. The molecule has 0 unspecified atom stereocenters. The van der Waals surface area contributed by atoms with E-state index in [1.165, 1.54) is 104 Å². The number of para-hydroxylation sites is 3. The first-order valence-corrected chi connectivity index (χ1v) is 23.5. The van der Waals surface area contributed by atoms with Crippen LogP contribution in [0.2, 0.25) is 0 Å². The zero-order valence-electron chi connectivity index (χ0n) is 39.3. The molecule has 0 spiro atoms. The van der Waals surface area contributed by atoms with Gasteiger partial charge in [0, 0.05) is 65.7 Å². The average Bonchev–Trinajstić information content (AvgIpc) is 4.09. The van der Waals surface area contributed by atoms with E-state index >= 15 is 0 Å². The molecule has 13 aromatic rings. The van der Waals surface area contributed by atoms with Crippen LogP contribution >= 0.6 is 0 Å². The van der Waals surface area contributed by atoms with Crippen LogP contribution in [-0.2, 0) is 16.2 Å². The molecule has 66 heavy (non-hydrogen) atoms. The normalized spacial score (nSPS) is 13.2. The van der Waals surface area contributed by atoms with E-state index in [4.69, 9.17) is 4.42 Å². The fourth-order valence-corrected chi connectivity index (χ4v) is 11.1. The summed E-state index contributed by atoms with van der Waals surface area (Å²) in [5.74, 6) is 0. The summed E-state index contributed by atoms with van der Waals surface area (Å²) in [6.07, 6.45) is 0. The standard InChI is InChI=1S/C62H53N3O/c1-60(2,3)37-30-45(36-24-26-42(27-25-36)63(40-18-12-10-13-19-40)41-20-14-11-15-21-41)55-47(32-37)48-33-39(62(7,8)9)35-50-54-51(64(55)56(48)50)29-28-43-46-31-38(61(4,5)6)34-49-53-44-22-16-17-23-52(44)66-59(53)65(57(46)49)58(43)54/h10-35H,1-9H3. The van der Waals surface area contributed by atoms with Gasteiger partial charge in [0.05, 0.1) is 33.0 Å². The van der Waals surface area contributed by atoms with Crippen LogP contribution in [0.5, 0.6) is 0 Å². The van der Waals surface area contributed by atoms with Gasteiger partial charge in [0.25, 0.3) is 0 Å². The highest BCUT2D eigenvalue weighted by molar-refractivity contribution is 6.35. The quantitative estimate of drug-likeness (QED) is 0.176. The number of rotatable bonds is 4. The Balaban J connectivity index is 1.17. The predicted molar refractivity (Wildman–Crippen MR) is 282 cm³/mol. The van der Waals surface area contributed by atoms with E-state index in [1.54, 1.807) is 0 Å². The van der Waals surface area contributed by atoms with E-state index in [2.05, 4.69) is 234 Å². The molecule has 322 valence electrons. The van der Waals surface area contributed by atoms with Crippen LogP contribution in [-0.4, -0.2) is 8.80 Å². The molecule has 0 fully saturated rings. The highest BCUT2D eigenvalue weighted by Crippen LogP contribution is 2.51. The largest absolute Gasteiger partial charge is 0.439 e. The third kappa shape index (κ3) is 5.39. The monoisotopic (exact) mass is 855 g/mol. The Kier molecular flexibility index (Phi) is 7.80. The SMILES string of the molecule is CC(C)(C)c1cc(-c2ccc(N(c3ccccc3)c3ccccc3)cc2)c2c(c1)c1cc(C(C)(C)C)cc3c4c(ccc5c6cc(C(C)(C)C)cc7c8c9ccccc9oc8n(c67)c54)n2c13. The number of hydrogen-bond acceptors (Lipinski definition) is 2. The first-order chi connectivity index (χ1) is 31.6. The van der Waals surface area contributed by atoms with Crippen molar-refractivity contribution in [2.75, 3.05) is 4.90 Å². The van der Waals surface area contributed by atoms with Crippen LogP contribution in [0.25, 0.3) is 98.5 Å². The van der Waals surface area contributed by atoms with Gasteiger partial charge in [-0.3, -0.25) is 4.40 Å². The maximum atomic E-state index is 6.97. The third-order valence-corrected chi connectivity index (χ3v) is 14.6. The number of fused-ring (bicyclic) bond motifs is 15. The predicted octanol–water partition coefficient (Wildman–Crippen LogP) is 17.8. The zero-order valence-corrected chi connectivity index (χ0v) is 39.3. The van der Waals surface area contributed by atoms with Gasteiger partial charge in [0.1, 0.15) is 5.58 Å². The fourth-order valence-electron chi connectivity index (χ4n) is 11.1. The van der Waals surface area contributed by atoms with Crippen LogP contribution < -0.4 is 4.90 Å². The van der Waals surface area contributed by atoms with Crippen LogP contribution in [0.4, 0.5) is 17.1 Å². The molecule has 0 saturated heterocycles. The summed E-state index contributed by atoms with van der Waals surface area (Å²) in [5.41, 5.74) is 17.7. The molecular weight excluding hydrogens is 803 g/mol. The number of hydrogen-bond donors (Lipinski definition) is 0. The minimum Gasteiger partial charge on any atom is -0.439 e. The van der Waals surface area contributed by atoms with Crippen LogP contribution in [0.15, 0.2) is 162 Å². The van der Waals surface area contributed by atoms with Crippen molar-refractivity contribution < 1.29 is 4.42 Å². The maximum Gasteiger partial charge on any atom is 0.213 e. The highest BCUT2D eigenvalue weighted by atomic mass is 16.3. The first kappa shape index (κ1) is 39.1. The van der Waals surface area contributed by atoms with E-state index in [0.717, 1.165) is 28.4 Å². The Morgan fingerprint density at radius 3 is 1.47 bits per heavy atom. The number of furan rings is 1. The van der Waals surface area contributed by atoms with Gasteiger partial charge < -0.3 is 13.7 Å². The number of benzene rings is 8. The molecule has 0 radical (unpaired) electrons. The topological polar surface area (TPSA) is 25.2 Å². The second kappa shape index (κ2) is 13.2. The van der Waals surface area contributed by atoms with Crippen LogP contribution in [0, 0.1) is 0 Å². The lowest BCUT2D eigenvalue weighted by molar-refractivity contribution is 0.591. The average molecular weight is 856 g/mol.